The minimum absolute atomic E-state index is 0.137. The molecule has 5 nitrogen and oxygen atoms in total. The van der Waals surface area contributed by atoms with Crippen LogP contribution in [-0.4, -0.2) is 30.1 Å². The maximum atomic E-state index is 11.9. The lowest BCUT2D eigenvalue weighted by Crippen LogP contribution is -2.24. The number of carbonyl (C=O) groups excluding carboxylic acids is 1. The molecule has 0 radical (unpaired) electrons. The van der Waals surface area contributed by atoms with Crippen molar-refractivity contribution in [3.63, 3.8) is 0 Å². The van der Waals surface area contributed by atoms with Crippen LogP contribution in [0.25, 0.3) is 0 Å². The highest BCUT2D eigenvalue weighted by Gasteiger charge is 2.05. The zero-order valence-corrected chi connectivity index (χ0v) is 12.6. The molecule has 0 aliphatic heterocycles. The predicted octanol–water partition coefficient (Wildman–Crippen LogP) is 2.71. The lowest BCUT2D eigenvalue weighted by molar-refractivity contribution is -0.137. The zero-order valence-electron chi connectivity index (χ0n) is 12.6. The molecular formula is C16H23NO4. The fourth-order valence-corrected chi connectivity index (χ4v) is 1.67. The largest absolute Gasteiger partial charge is 0.493 e. The predicted molar refractivity (Wildman–Crippen MR) is 80.6 cm³/mol. The van der Waals surface area contributed by atoms with Gasteiger partial charge in [0.05, 0.1) is 6.61 Å². The maximum Gasteiger partial charge on any atom is 0.303 e. The highest BCUT2D eigenvalue weighted by molar-refractivity contribution is 5.94. The van der Waals surface area contributed by atoms with E-state index in [2.05, 4.69) is 19.2 Å². The van der Waals surface area contributed by atoms with Crippen LogP contribution in [0.3, 0.4) is 0 Å². The first-order valence-electron chi connectivity index (χ1n) is 7.22. The van der Waals surface area contributed by atoms with Crippen LogP contribution >= 0.6 is 0 Å². The summed E-state index contributed by atoms with van der Waals surface area (Å²) in [5, 5.41) is 11.3. The van der Waals surface area contributed by atoms with E-state index in [-0.39, 0.29) is 12.3 Å². The van der Waals surface area contributed by atoms with Crippen LogP contribution in [-0.2, 0) is 4.79 Å². The molecule has 1 amide bonds. The first-order chi connectivity index (χ1) is 9.99. The molecule has 0 atom stereocenters. The van der Waals surface area contributed by atoms with Gasteiger partial charge in [0, 0.05) is 18.5 Å². The quantitative estimate of drug-likeness (QED) is 0.686. The van der Waals surface area contributed by atoms with E-state index in [1.165, 1.54) is 0 Å². The number of hydrogen-bond acceptors (Lipinski definition) is 3. The fourth-order valence-electron chi connectivity index (χ4n) is 1.67. The molecule has 116 valence electrons. The number of nitrogens with one attached hydrogen (secondary N) is 1. The lowest BCUT2D eigenvalue weighted by Gasteiger charge is -2.09. The second-order valence-corrected chi connectivity index (χ2v) is 5.34. The number of ether oxygens (including phenoxy) is 1. The van der Waals surface area contributed by atoms with E-state index in [0.29, 0.717) is 37.5 Å². The molecule has 1 rings (SSSR count). The standard InChI is InChI=1S/C16H23NO4/c1-12(2)11-21-14-8-6-13(7-9-14)16(20)17-10-4-3-5-15(18)19/h6-9,12H,3-5,10-11H2,1-2H3,(H,17,20)(H,18,19). The van der Waals surface area contributed by atoms with Gasteiger partial charge in [-0.25, -0.2) is 0 Å². The van der Waals surface area contributed by atoms with Crippen molar-refractivity contribution in [3.05, 3.63) is 29.8 Å². The van der Waals surface area contributed by atoms with Crippen LogP contribution < -0.4 is 10.1 Å². The number of carboxylic acid groups (broad SMARTS) is 1. The minimum atomic E-state index is -0.807. The van der Waals surface area contributed by atoms with Gasteiger partial charge in [-0.15, -0.1) is 0 Å². The molecule has 2 N–H and O–H groups in total. The molecular weight excluding hydrogens is 270 g/mol. The van der Waals surface area contributed by atoms with E-state index in [4.69, 9.17) is 9.84 Å². The summed E-state index contributed by atoms with van der Waals surface area (Å²) in [5.41, 5.74) is 0.574. The third-order valence-corrected chi connectivity index (χ3v) is 2.80. The summed E-state index contributed by atoms with van der Waals surface area (Å²) in [4.78, 5) is 22.2. The molecule has 0 spiro atoms. The van der Waals surface area contributed by atoms with Crippen molar-refractivity contribution in [1.29, 1.82) is 0 Å². The van der Waals surface area contributed by atoms with Gasteiger partial charge in [-0.2, -0.15) is 0 Å². The summed E-state index contributed by atoms with van der Waals surface area (Å²) in [6, 6.07) is 7.01. The Kier molecular flexibility index (Phi) is 7.29. The topological polar surface area (TPSA) is 75.6 Å². The second-order valence-electron chi connectivity index (χ2n) is 5.34. The molecule has 0 fully saturated rings. The summed E-state index contributed by atoms with van der Waals surface area (Å²) < 4.78 is 5.55. The third-order valence-electron chi connectivity index (χ3n) is 2.80. The molecule has 0 aliphatic rings. The molecule has 5 heteroatoms. The van der Waals surface area contributed by atoms with Gasteiger partial charge >= 0.3 is 5.97 Å². The van der Waals surface area contributed by atoms with E-state index in [1.54, 1.807) is 24.3 Å². The molecule has 0 saturated heterocycles. The summed E-state index contributed by atoms with van der Waals surface area (Å²) in [6.45, 7) is 5.28. The normalized spacial score (nSPS) is 10.4. The van der Waals surface area contributed by atoms with E-state index < -0.39 is 5.97 Å². The van der Waals surface area contributed by atoms with Crippen LogP contribution in [0, 0.1) is 5.92 Å². The molecule has 21 heavy (non-hydrogen) atoms. The molecule has 0 heterocycles. The van der Waals surface area contributed by atoms with Crippen molar-refractivity contribution in [2.75, 3.05) is 13.2 Å². The Labute approximate surface area is 125 Å². The fraction of sp³-hybridized carbons (Fsp3) is 0.500. The zero-order chi connectivity index (χ0) is 15.7. The molecule has 0 aliphatic carbocycles. The molecule has 0 unspecified atom stereocenters. The lowest BCUT2D eigenvalue weighted by atomic mass is 10.2. The van der Waals surface area contributed by atoms with Crippen LogP contribution in [0.1, 0.15) is 43.5 Å². The van der Waals surface area contributed by atoms with Crippen LogP contribution in [0.5, 0.6) is 5.75 Å². The molecule has 1 aromatic carbocycles. The monoisotopic (exact) mass is 293 g/mol. The second kappa shape index (κ2) is 9.00. The number of hydrogen-bond donors (Lipinski definition) is 2. The summed E-state index contributed by atoms with van der Waals surface area (Å²) in [6.07, 6.45) is 1.36. The molecule has 0 saturated carbocycles. The Balaban J connectivity index is 2.32. The van der Waals surface area contributed by atoms with Gasteiger partial charge in [0.2, 0.25) is 0 Å². The Morgan fingerprint density at radius 3 is 2.43 bits per heavy atom. The number of benzene rings is 1. The van der Waals surface area contributed by atoms with Gasteiger partial charge in [0.25, 0.3) is 5.91 Å². The van der Waals surface area contributed by atoms with Crippen molar-refractivity contribution in [2.45, 2.75) is 33.1 Å². The van der Waals surface area contributed by atoms with Gasteiger partial charge in [-0.05, 0) is 43.0 Å². The van der Waals surface area contributed by atoms with Crippen LogP contribution in [0.2, 0.25) is 0 Å². The molecule has 0 bridgehead atoms. The number of rotatable bonds is 9. The van der Waals surface area contributed by atoms with Gasteiger partial charge < -0.3 is 15.2 Å². The highest BCUT2D eigenvalue weighted by Crippen LogP contribution is 2.13. The van der Waals surface area contributed by atoms with Crippen LogP contribution in [0.4, 0.5) is 0 Å². The van der Waals surface area contributed by atoms with Crippen molar-refractivity contribution in [1.82, 2.24) is 5.32 Å². The Bertz CT molecular complexity index is 454. The summed E-state index contributed by atoms with van der Waals surface area (Å²) >= 11 is 0. The third kappa shape index (κ3) is 7.34. The maximum absolute atomic E-state index is 11.9. The van der Waals surface area contributed by atoms with Gasteiger partial charge in [0.15, 0.2) is 0 Å². The highest BCUT2D eigenvalue weighted by atomic mass is 16.5. The SMILES string of the molecule is CC(C)COc1ccc(C(=O)NCCCCC(=O)O)cc1. The van der Waals surface area contributed by atoms with Gasteiger partial charge in [0.1, 0.15) is 5.75 Å². The van der Waals surface area contributed by atoms with E-state index in [1.807, 2.05) is 0 Å². The smallest absolute Gasteiger partial charge is 0.303 e. The first-order valence-corrected chi connectivity index (χ1v) is 7.22. The number of unbranched alkanes of at least 4 members (excludes halogenated alkanes) is 1. The van der Waals surface area contributed by atoms with Crippen molar-refractivity contribution in [2.24, 2.45) is 5.92 Å². The van der Waals surface area contributed by atoms with E-state index >= 15 is 0 Å². The Morgan fingerprint density at radius 2 is 1.86 bits per heavy atom. The van der Waals surface area contributed by atoms with Gasteiger partial charge in [-0.3, -0.25) is 9.59 Å². The van der Waals surface area contributed by atoms with Crippen molar-refractivity contribution in [3.8, 4) is 5.75 Å². The average molecular weight is 293 g/mol. The Hall–Kier alpha value is -2.04. The average Bonchev–Trinajstić information content (AvgIpc) is 2.44. The van der Waals surface area contributed by atoms with E-state index in [0.717, 1.165) is 5.75 Å². The Morgan fingerprint density at radius 1 is 1.19 bits per heavy atom. The van der Waals surface area contributed by atoms with Crippen molar-refractivity contribution >= 4 is 11.9 Å². The molecule has 0 aromatic heterocycles. The van der Waals surface area contributed by atoms with Crippen LogP contribution in [0.15, 0.2) is 24.3 Å². The van der Waals surface area contributed by atoms with Crippen molar-refractivity contribution < 1.29 is 19.4 Å². The molecule has 1 aromatic rings. The summed E-state index contributed by atoms with van der Waals surface area (Å²) in [7, 11) is 0. The number of carboxylic acids is 1. The minimum Gasteiger partial charge on any atom is -0.493 e. The van der Waals surface area contributed by atoms with Gasteiger partial charge in [-0.1, -0.05) is 13.8 Å². The first kappa shape index (κ1) is 17.0. The number of amides is 1. The number of carbonyl (C=O) groups is 2. The summed E-state index contributed by atoms with van der Waals surface area (Å²) in [5.74, 6) is 0.250. The number of aliphatic carboxylic acids is 1. The van der Waals surface area contributed by atoms with E-state index in [9.17, 15) is 9.59 Å².